The quantitative estimate of drug-likeness (QED) is 0.551. The third kappa shape index (κ3) is 1.15. The third-order valence-corrected chi connectivity index (χ3v) is 3.00. The maximum absolute atomic E-state index is 11.4. The lowest BCUT2D eigenvalue weighted by molar-refractivity contribution is -0.126. The van der Waals surface area contributed by atoms with Gasteiger partial charge >= 0.3 is 6.09 Å². The van der Waals surface area contributed by atoms with Crippen molar-refractivity contribution in [2.75, 3.05) is 19.6 Å². The minimum Gasteiger partial charge on any atom is -0.465 e. The first-order valence-electron chi connectivity index (χ1n) is 4.40. The van der Waals surface area contributed by atoms with E-state index >= 15 is 0 Å². The van der Waals surface area contributed by atoms with Crippen LogP contribution >= 0.6 is 0 Å². The van der Waals surface area contributed by atoms with Crippen LogP contribution in [-0.2, 0) is 4.79 Å². The van der Waals surface area contributed by atoms with Crippen LogP contribution in [0.4, 0.5) is 4.79 Å². The highest BCUT2D eigenvalue weighted by Gasteiger charge is 2.48. The lowest BCUT2D eigenvalue weighted by atomic mass is 9.86. The van der Waals surface area contributed by atoms with E-state index in [-0.39, 0.29) is 5.91 Å². The van der Waals surface area contributed by atoms with Gasteiger partial charge in [-0.15, -0.1) is 0 Å². The maximum Gasteiger partial charge on any atom is 0.407 e. The SMILES string of the molecule is O=C(O)N1CCC2(CCNC2=O)C1. The molecule has 2 N–H and O–H groups in total. The molecule has 1 spiro atoms. The molecule has 2 rings (SSSR count). The third-order valence-electron chi connectivity index (χ3n) is 3.00. The van der Waals surface area contributed by atoms with Crippen molar-refractivity contribution in [2.24, 2.45) is 5.41 Å². The Labute approximate surface area is 75.7 Å². The second-order valence-corrected chi connectivity index (χ2v) is 3.74. The monoisotopic (exact) mass is 184 g/mol. The molecule has 0 aromatic carbocycles. The molecule has 0 aromatic heterocycles. The molecule has 2 fully saturated rings. The van der Waals surface area contributed by atoms with Crippen LogP contribution in [0, 0.1) is 5.41 Å². The van der Waals surface area contributed by atoms with E-state index in [1.807, 2.05) is 0 Å². The summed E-state index contributed by atoms with van der Waals surface area (Å²) in [4.78, 5) is 23.4. The summed E-state index contributed by atoms with van der Waals surface area (Å²) >= 11 is 0. The van der Waals surface area contributed by atoms with Crippen molar-refractivity contribution in [3.63, 3.8) is 0 Å². The fraction of sp³-hybridized carbons (Fsp3) is 0.750. The molecule has 2 aliphatic rings. The van der Waals surface area contributed by atoms with Crippen molar-refractivity contribution in [3.05, 3.63) is 0 Å². The van der Waals surface area contributed by atoms with Crippen molar-refractivity contribution in [1.29, 1.82) is 0 Å². The summed E-state index contributed by atoms with van der Waals surface area (Å²) in [6.07, 6.45) is 0.525. The van der Waals surface area contributed by atoms with Crippen LogP contribution in [0.3, 0.4) is 0 Å². The van der Waals surface area contributed by atoms with Gasteiger partial charge < -0.3 is 15.3 Å². The summed E-state index contributed by atoms with van der Waals surface area (Å²) in [6.45, 7) is 1.54. The summed E-state index contributed by atoms with van der Waals surface area (Å²) in [5.74, 6) is 0.0243. The fourth-order valence-electron chi connectivity index (χ4n) is 2.14. The summed E-state index contributed by atoms with van der Waals surface area (Å²) in [7, 11) is 0. The summed E-state index contributed by atoms with van der Waals surface area (Å²) < 4.78 is 0. The first kappa shape index (κ1) is 8.34. The van der Waals surface area contributed by atoms with Crippen LogP contribution in [0.25, 0.3) is 0 Å². The van der Waals surface area contributed by atoms with Gasteiger partial charge in [0, 0.05) is 19.6 Å². The van der Waals surface area contributed by atoms with Crippen LogP contribution in [0.15, 0.2) is 0 Å². The Morgan fingerprint density at radius 1 is 1.54 bits per heavy atom. The molecular weight excluding hydrogens is 172 g/mol. The average Bonchev–Trinajstić information content (AvgIpc) is 2.63. The number of nitrogens with one attached hydrogen (secondary N) is 1. The molecule has 0 bridgehead atoms. The van der Waals surface area contributed by atoms with Crippen LogP contribution < -0.4 is 5.32 Å². The highest BCUT2D eigenvalue weighted by atomic mass is 16.4. The molecule has 2 amide bonds. The molecule has 0 aromatic rings. The van der Waals surface area contributed by atoms with E-state index in [0.717, 1.165) is 6.42 Å². The zero-order valence-corrected chi connectivity index (χ0v) is 7.25. The predicted octanol–water partition coefficient (Wildman–Crippen LogP) is -0.124. The number of carbonyl (C=O) groups excluding carboxylic acids is 1. The largest absolute Gasteiger partial charge is 0.465 e. The highest BCUT2D eigenvalue weighted by molar-refractivity contribution is 5.86. The van der Waals surface area contributed by atoms with Gasteiger partial charge in [-0.3, -0.25) is 4.79 Å². The van der Waals surface area contributed by atoms with Gasteiger partial charge in [-0.2, -0.15) is 0 Å². The number of hydrogen-bond acceptors (Lipinski definition) is 2. The number of nitrogens with zero attached hydrogens (tertiary/aromatic N) is 1. The molecule has 5 heteroatoms. The number of carbonyl (C=O) groups is 2. The number of likely N-dealkylation sites (tertiary alicyclic amines) is 1. The predicted molar refractivity (Wildman–Crippen MR) is 44.3 cm³/mol. The van der Waals surface area contributed by atoms with Crippen molar-refractivity contribution < 1.29 is 14.7 Å². The molecule has 72 valence electrons. The van der Waals surface area contributed by atoms with Gasteiger partial charge in [0.2, 0.25) is 5.91 Å². The summed E-state index contributed by atoms with van der Waals surface area (Å²) in [5.41, 5.74) is -0.404. The molecule has 1 atom stereocenters. The number of rotatable bonds is 0. The second kappa shape index (κ2) is 2.61. The normalized spacial score (nSPS) is 32.6. The Morgan fingerprint density at radius 2 is 2.31 bits per heavy atom. The Kier molecular flexibility index (Phi) is 1.68. The topological polar surface area (TPSA) is 69.6 Å². The molecule has 1 unspecified atom stereocenters. The van der Waals surface area contributed by atoms with Crippen LogP contribution in [0.1, 0.15) is 12.8 Å². The molecule has 0 radical (unpaired) electrons. The Hall–Kier alpha value is -1.26. The molecule has 2 aliphatic heterocycles. The Balaban J connectivity index is 2.12. The van der Waals surface area contributed by atoms with Crippen LogP contribution in [0.5, 0.6) is 0 Å². The minimum absolute atomic E-state index is 0.0243. The van der Waals surface area contributed by atoms with Crippen molar-refractivity contribution in [2.45, 2.75) is 12.8 Å². The Bertz CT molecular complexity index is 266. The van der Waals surface area contributed by atoms with E-state index in [1.165, 1.54) is 4.90 Å². The van der Waals surface area contributed by atoms with E-state index in [0.29, 0.717) is 26.1 Å². The maximum atomic E-state index is 11.4. The first-order chi connectivity index (χ1) is 6.14. The zero-order valence-electron chi connectivity index (χ0n) is 7.25. The lowest BCUT2D eigenvalue weighted by Gasteiger charge is -2.18. The number of carboxylic acid groups (broad SMARTS) is 1. The molecular formula is C8H12N2O3. The summed E-state index contributed by atoms with van der Waals surface area (Å²) in [6, 6.07) is 0. The van der Waals surface area contributed by atoms with Crippen LogP contribution in [0.2, 0.25) is 0 Å². The lowest BCUT2D eigenvalue weighted by Crippen LogP contribution is -2.36. The van der Waals surface area contributed by atoms with Gasteiger partial charge in [0.1, 0.15) is 0 Å². The van der Waals surface area contributed by atoms with Crippen molar-refractivity contribution in [1.82, 2.24) is 10.2 Å². The minimum atomic E-state index is -0.920. The zero-order chi connectivity index (χ0) is 9.47. The van der Waals surface area contributed by atoms with Crippen molar-refractivity contribution in [3.8, 4) is 0 Å². The van der Waals surface area contributed by atoms with E-state index in [9.17, 15) is 9.59 Å². The van der Waals surface area contributed by atoms with E-state index in [1.54, 1.807) is 0 Å². The van der Waals surface area contributed by atoms with E-state index in [4.69, 9.17) is 5.11 Å². The molecule has 0 aliphatic carbocycles. The average molecular weight is 184 g/mol. The number of amides is 2. The number of hydrogen-bond donors (Lipinski definition) is 2. The smallest absolute Gasteiger partial charge is 0.407 e. The summed E-state index contributed by atoms with van der Waals surface area (Å²) in [5, 5.41) is 11.5. The molecule has 2 saturated heterocycles. The Morgan fingerprint density at radius 3 is 2.77 bits per heavy atom. The second-order valence-electron chi connectivity index (χ2n) is 3.74. The van der Waals surface area contributed by atoms with Gasteiger partial charge in [0.15, 0.2) is 0 Å². The first-order valence-corrected chi connectivity index (χ1v) is 4.40. The van der Waals surface area contributed by atoms with Gasteiger partial charge in [0.25, 0.3) is 0 Å². The molecule has 5 nitrogen and oxygen atoms in total. The van der Waals surface area contributed by atoms with Crippen molar-refractivity contribution >= 4 is 12.0 Å². The molecule has 13 heavy (non-hydrogen) atoms. The van der Waals surface area contributed by atoms with E-state index in [2.05, 4.69) is 5.32 Å². The van der Waals surface area contributed by atoms with E-state index < -0.39 is 11.5 Å². The molecule has 0 saturated carbocycles. The highest BCUT2D eigenvalue weighted by Crippen LogP contribution is 2.36. The van der Waals surface area contributed by atoms with Gasteiger partial charge in [-0.25, -0.2) is 4.79 Å². The van der Waals surface area contributed by atoms with Gasteiger partial charge in [-0.05, 0) is 12.8 Å². The molecule has 2 heterocycles. The van der Waals surface area contributed by atoms with Gasteiger partial charge in [-0.1, -0.05) is 0 Å². The van der Waals surface area contributed by atoms with Crippen LogP contribution in [-0.4, -0.2) is 41.6 Å². The van der Waals surface area contributed by atoms with Gasteiger partial charge in [0.05, 0.1) is 5.41 Å². The fourth-order valence-corrected chi connectivity index (χ4v) is 2.14. The standard InChI is InChI=1S/C8H12N2O3/c11-6-8(1-3-9-6)2-4-10(5-8)7(12)13/h1-5H2,(H,9,11)(H,12,13).